The molecule has 0 saturated carbocycles. The molecular weight excluding hydrogens is 246 g/mol. The van der Waals surface area contributed by atoms with Crippen LogP contribution in [-0.4, -0.2) is 36.8 Å². The van der Waals surface area contributed by atoms with Crippen LogP contribution in [0.25, 0.3) is 0 Å². The molecule has 4 N–H and O–H groups in total. The fourth-order valence-corrected chi connectivity index (χ4v) is 2.07. The van der Waals surface area contributed by atoms with Crippen molar-refractivity contribution in [3.8, 4) is 0 Å². The lowest BCUT2D eigenvalue weighted by Gasteiger charge is -2.22. The highest BCUT2D eigenvalue weighted by atomic mass is 16.5. The van der Waals surface area contributed by atoms with E-state index in [2.05, 4.69) is 20.7 Å². The van der Waals surface area contributed by atoms with E-state index < -0.39 is 0 Å². The van der Waals surface area contributed by atoms with Crippen LogP contribution in [0, 0.1) is 5.92 Å². The molecule has 0 aliphatic carbocycles. The monoisotopic (exact) mass is 267 g/mol. The van der Waals surface area contributed by atoms with Crippen molar-refractivity contribution in [2.24, 2.45) is 11.8 Å². The standard InChI is InChI=1S/C12H21N5O2/c1-18-8-12-15-10(5-11(16-12)17-13)14-6-9-3-2-4-19-7-9/h5,9H,2-4,6-8,13H2,1H3,(H2,14,15,16,17). The second kappa shape index (κ2) is 7.22. The van der Waals surface area contributed by atoms with Crippen LogP contribution in [0.4, 0.5) is 11.6 Å². The number of nitrogen functional groups attached to an aromatic ring is 1. The van der Waals surface area contributed by atoms with Gasteiger partial charge >= 0.3 is 0 Å². The van der Waals surface area contributed by atoms with Crippen molar-refractivity contribution in [3.63, 3.8) is 0 Å². The zero-order valence-corrected chi connectivity index (χ0v) is 11.2. The molecule has 1 atom stereocenters. The summed E-state index contributed by atoms with van der Waals surface area (Å²) in [4.78, 5) is 8.57. The lowest BCUT2D eigenvalue weighted by atomic mass is 10.0. The molecule has 0 amide bonds. The minimum Gasteiger partial charge on any atom is -0.381 e. The molecular formula is C12H21N5O2. The SMILES string of the molecule is COCc1nc(NN)cc(NCC2CCCOC2)n1. The zero-order chi connectivity index (χ0) is 13.5. The van der Waals surface area contributed by atoms with Gasteiger partial charge in [0, 0.05) is 26.3 Å². The van der Waals surface area contributed by atoms with E-state index >= 15 is 0 Å². The van der Waals surface area contributed by atoms with Gasteiger partial charge in [-0.3, -0.25) is 0 Å². The Labute approximate surface area is 112 Å². The molecule has 1 saturated heterocycles. The summed E-state index contributed by atoms with van der Waals surface area (Å²) >= 11 is 0. The van der Waals surface area contributed by atoms with Crippen LogP contribution < -0.4 is 16.6 Å². The Bertz CT molecular complexity index is 396. The number of hydrogen-bond acceptors (Lipinski definition) is 7. The van der Waals surface area contributed by atoms with E-state index in [1.165, 1.54) is 6.42 Å². The number of methoxy groups -OCH3 is 1. The van der Waals surface area contributed by atoms with Gasteiger partial charge in [0.15, 0.2) is 5.82 Å². The van der Waals surface area contributed by atoms with Gasteiger partial charge in [-0.25, -0.2) is 15.8 Å². The highest BCUT2D eigenvalue weighted by Gasteiger charge is 2.14. The first kappa shape index (κ1) is 14.0. The van der Waals surface area contributed by atoms with E-state index in [9.17, 15) is 0 Å². The Morgan fingerprint density at radius 2 is 2.32 bits per heavy atom. The normalized spacial score (nSPS) is 19.2. The number of ether oxygens (including phenoxy) is 2. The Morgan fingerprint density at radius 3 is 3.00 bits per heavy atom. The first-order chi connectivity index (χ1) is 9.31. The van der Waals surface area contributed by atoms with Gasteiger partial charge in [-0.15, -0.1) is 0 Å². The highest BCUT2D eigenvalue weighted by Crippen LogP contribution is 2.16. The van der Waals surface area contributed by atoms with Gasteiger partial charge in [-0.2, -0.15) is 0 Å². The van der Waals surface area contributed by atoms with Crippen LogP contribution in [0.2, 0.25) is 0 Å². The van der Waals surface area contributed by atoms with Gasteiger partial charge in [-0.1, -0.05) is 0 Å². The van der Waals surface area contributed by atoms with Crippen molar-refractivity contribution in [2.75, 3.05) is 37.6 Å². The molecule has 7 nitrogen and oxygen atoms in total. The molecule has 0 aromatic carbocycles. The second-order valence-corrected chi connectivity index (χ2v) is 4.60. The van der Waals surface area contributed by atoms with Gasteiger partial charge in [0.05, 0.1) is 6.61 Å². The van der Waals surface area contributed by atoms with Crippen molar-refractivity contribution < 1.29 is 9.47 Å². The molecule has 106 valence electrons. The van der Waals surface area contributed by atoms with Gasteiger partial charge < -0.3 is 20.2 Å². The molecule has 7 heteroatoms. The largest absolute Gasteiger partial charge is 0.381 e. The number of aromatic nitrogens is 2. The van der Waals surface area contributed by atoms with E-state index in [-0.39, 0.29) is 0 Å². The number of hydrazine groups is 1. The smallest absolute Gasteiger partial charge is 0.158 e. The Balaban J connectivity index is 1.95. The lowest BCUT2D eigenvalue weighted by molar-refractivity contribution is 0.0595. The summed E-state index contributed by atoms with van der Waals surface area (Å²) in [6.45, 7) is 2.89. The van der Waals surface area contributed by atoms with Crippen molar-refractivity contribution in [2.45, 2.75) is 19.4 Å². The number of nitrogens with one attached hydrogen (secondary N) is 2. The molecule has 2 heterocycles. The Kier molecular flexibility index (Phi) is 5.31. The van der Waals surface area contributed by atoms with E-state index in [1.54, 1.807) is 13.2 Å². The number of nitrogens with two attached hydrogens (primary N) is 1. The zero-order valence-electron chi connectivity index (χ0n) is 11.2. The summed E-state index contributed by atoms with van der Waals surface area (Å²) in [7, 11) is 1.61. The third-order valence-corrected chi connectivity index (χ3v) is 3.02. The predicted molar refractivity (Wildman–Crippen MR) is 72.6 cm³/mol. The fourth-order valence-electron chi connectivity index (χ4n) is 2.07. The van der Waals surface area contributed by atoms with Crippen LogP contribution >= 0.6 is 0 Å². The first-order valence-corrected chi connectivity index (χ1v) is 6.47. The maximum atomic E-state index is 5.45. The summed E-state index contributed by atoms with van der Waals surface area (Å²) in [6, 6.07) is 1.78. The van der Waals surface area contributed by atoms with Gasteiger partial charge in [0.2, 0.25) is 0 Å². The van der Waals surface area contributed by atoms with Crippen LogP contribution in [-0.2, 0) is 16.1 Å². The summed E-state index contributed by atoms with van der Waals surface area (Å²) in [5.74, 6) is 7.85. The molecule has 0 bridgehead atoms. The predicted octanol–water partition coefficient (Wildman–Crippen LogP) is 0.747. The average molecular weight is 267 g/mol. The lowest BCUT2D eigenvalue weighted by Crippen LogP contribution is -2.25. The van der Waals surface area contributed by atoms with Gasteiger partial charge in [0.25, 0.3) is 0 Å². The first-order valence-electron chi connectivity index (χ1n) is 6.47. The van der Waals surface area contributed by atoms with E-state index in [4.69, 9.17) is 15.3 Å². The molecule has 0 spiro atoms. The van der Waals surface area contributed by atoms with Crippen molar-refractivity contribution in [1.82, 2.24) is 9.97 Å². The van der Waals surface area contributed by atoms with Crippen molar-refractivity contribution >= 4 is 11.6 Å². The molecule has 1 aliphatic rings. The maximum absolute atomic E-state index is 5.45. The summed E-state index contributed by atoms with van der Waals surface area (Å²) in [5, 5.41) is 3.31. The summed E-state index contributed by atoms with van der Waals surface area (Å²) < 4.78 is 10.5. The third-order valence-electron chi connectivity index (χ3n) is 3.02. The number of rotatable bonds is 6. The maximum Gasteiger partial charge on any atom is 0.158 e. The Morgan fingerprint density at radius 1 is 1.47 bits per heavy atom. The second-order valence-electron chi connectivity index (χ2n) is 4.60. The molecule has 0 radical (unpaired) electrons. The molecule has 1 fully saturated rings. The minimum absolute atomic E-state index is 0.358. The number of anilines is 2. The molecule has 2 rings (SSSR count). The molecule has 1 unspecified atom stereocenters. The van der Waals surface area contributed by atoms with Gasteiger partial charge in [-0.05, 0) is 18.8 Å². The quantitative estimate of drug-likeness (QED) is 0.517. The van der Waals surface area contributed by atoms with Crippen LogP contribution in [0.3, 0.4) is 0 Å². The molecule has 1 aliphatic heterocycles. The van der Waals surface area contributed by atoms with Crippen LogP contribution in [0.1, 0.15) is 18.7 Å². The van der Waals surface area contributed by atoms with E-state index in [0.717, 1.165) is 32.0 Å². The van der Waals surface area contributed by atoms with E-state index in [1.807, 2.05) is 0 Å². The minimum atomic E-state index is 0.358. The molecule has 19 heavy (non-hydrogen) atoms. The van der Waals surface area contributed by atoms with Crippen LogP contribution in [0.15, 0.2) is 6.07 Å². The number of hydrogen-bond donors (Lipinski definition) is 3. The highest BCUT2D eigenvalue weighted by molar-refractivity contribution is 5.46. The fraction of sp³-hybridized carbons (Fsp3) is 0.667. The van der Waals surface area contributed by atoms with Gasteiger partial charge in [0.1, 0.15) is 18.2 Å². The third kappa shape index (κ3) is 4.30. The molecule has 1 aromatic heterocycles. The summed E-state index contributed by atoms with van der Waals surface area (Å²) in [6.07, 6.45) is 2.31. The summed E-state index contributed by atoms with van der Waals surface area (Å²) in [5.41, 5.74) is 2.53. The molecule has 1 aromatic rings. The topological polar surface area (TPSA) is 94.3 Å². The Hall–Kier alpha value is -1.44. The van der Waals surface area contributed by atoms with E-state index in [0.29, 0.717) is 24.2 Å². The average Bonchev–Trinajstić information content (AvgIpc) is 2.46. The van der Waals surface area contributed by atoms with Crippen molar-refractivity contribution in [1.29, 1.82) is 0 Å². The number of nitrogens with zero attached hydrogens (tertiary/aromatic N) is 2. The van der Waals surface area contributed by atoms with Crippen molar-refractivity contribution in [3.05, 3.63) is 11.9 Å². The van der Waals surface area contributed by atoms with Crippen LogP contribution in [0.5, 0.6) is 0 Å².